The molecule has 0 atom stereocenters. The van der Waals surface area contributed by atoms with Crippen LogP contribution in [0.2, 0.25) is 0 Å². The van der Waals surface area contributed by atoms with E-state index in [-0.39, 0.29) is 12.0 Å². The molecule has 1 amide bonds. The highest BCUT2D eigenvalue weighted by molar-refractivity contribution is 6.00. The maximum absolute atomic E-state index is 12.0. The molecule has 0 spiro atoms. The molecule has 20 heavy (non-hydrogen) atoms. The van der Waals surface area contributed by atoms with Crippen molar-refractivity contribution in [2.24, 2.45) is 0 Å². The third-order valence-electron chi connectivity index (χ3n) is 2.84. The summed E-state index contributed by atoms with van der Waals surface area (Å²) in [6.07, 6.45) is 2.05. The van der Waals surface area contributed by atoms with E-state index >= 15 is 0 Å². The summed E-state index contributed by atoms with van der Waals surface area (Å²) in [7, 11) is 1.53. The third-order valence-corrected chi connectivity index (χ3v) is 2.84. The zero-order valence-corrected chi connectivity index (χ0v) is 12.4. The van der Waals surface area contributed by atoms with Crippen molar-refractivity contribution in [1.29, 1.82) is 0 Å². The number of para-hydroxylation sites is 1. The van der Waals surface area contributed by atoms with E-state index in [1.165, 1.54) is 7.11 Å². The van der Waals surface area contributed by atoms with Gasteiger partial charge in [-0.3, -0.25) is 4.79 Å². The molecule has 0 fully saturated rings. The van der Waals surface area contributed by atoms with Gasteiger partial charge in [-0.1, -0.05) is 6.07 Å². The first-order valence-electron chi connectivity index (χ1n) is 6.88. The highest BCUT2D eigenvalue weighted by atomic mass is 16.5. The normalized spacial score (nSPS) is 10.6. The van der Waals surface area contributed by atoms with E-state index in [9.17, 15) is 4.79 Å². The quantitative estimate of drug-likeness (QED) is 0.565. The van der Waals surface area contributed by atoms with Crippen LogP contribution in [0, 0.1) is 0 Å². The molecule has 5 heteroatoms. The number of carbonyl (C=O) groups excluding carboxylic acids is 1. The number of rotatable bonds is 8. The zero-order chi connectivity index (χ0) is 15.0. The summed E-state index contributed by atoms with van der Waals surface area (Å²) in [4.78, 5) is 12.0. The molecule has 0 aromatic heterocycles. The van der Waals surface area contributed by atoms with E-state index in [2.05, 4.69) is 5.32 Å². The van der Waals surface area contributed by atoms with Crippen molar-refractivity contribution < 1.29 is 14.3 Å². The number of amides is 1. The van der Waals surface area contributed by atoms with Crippen LogP contribution in [-0.2, 0) is 4.74 Å². The number of carbonyl (C=O) groups is 1. The number of unbranched alkanes of at least 4 members (excludes halogenated alkanes) is 1. The molecule has 1 rings (SSSR count). The van der Waals surface area contributed by atoms with Gasteiger partial charge in [-0.2, -0.15) is 0 Å². The van der Waals surface area contributed by atoms with Crippen molar-refractivity contribution in [3.8, 4) is 5.75 Å². The molecule has 3 N–H and O–H groups in total. The molecule has 0 unspecified atom stereocenters. The fraction of sp³-hybridized carbons (Fsp3) is 0.533. The Kier molecular flexibility index (Phi) is 6.87. The van der Waals surface area contributed by atoms with Crippen LogP contribution in [-0.4, -0.2) is 32.3 Å². The fourth-order valence-electron chi connectivity index (χ4n) is 1.76. The van der Waals surface area contributed by atoms with Crippen LogP contribution in [0.3, 0.4) is 0 Å². The lowest BCUT2D eigenvalue weighted by atomic mass is 10.1. The van der Waals surface area contributed by atoms with Crippen LogP contribution in [0.1, 0.15) is 37.0 Å². The number of anilines is 1. The second-order valence-electron chi connectivity index (χ2n) is 4.80. The lowest BCUT2D eigenvalue weighted by Gasteiger charge is -2.11. The van der Waals surface area contributed by atoms with Crippen LogP contribution in [0.25, 0.3) is 0 Å². The number of nitrogens with two attached hydrogens (primary N) is 1. The summed E-state index contributed by atoms with van der Waals surface area (Å²) in [5, 5.41) is 2.85. The number of benzene rings is 1. The summed E-state index contributed by atoms with van der Waals surface area (Å²) >= 11 is 0. The van der Waals surface area contributed by atoms with Gasteiger partial charge in [0.1, 0.15) is 5.75 Å². The lowest BCUT2D eigenvalue weighted by molar-refractivity contribution is 0.0754. The molecule has 0 aliphatic rings. The molecule has 0 saturated carbocycles. The third kappa shape index (κ3) is 5.09. The van der Waals surface area contributed by atoms with Crippen LogP contribution in [0.5, 0.6) is 5.75 Å². The van der Waals surface area contributed by atoms with Crippen LogP contribution >= 0.6 is 0 Å². The monoisotopic (exact) mass is 280 g/mol. The molecule has 112 valence electrons. The highest BCUT2D eigenvalue weighted by Crippen LogP contribution is 2.24. The summed E-state index contributed by atoms with van der Waals surface area (Å²) in [5.74, 6) is 0.342. The molecule has 0 aliphatic heterocycles. The van der Waals surface area contributed by atoms with E-state index in [1.807, 2.05) is 13.8 Å². The van der Waals surface area contributed by atoms with Gasteiger partial charge in [0.25, 0.3) is 5.91 Å². The Labute approximate surface area is 120 Å². The molecule has 1 aromatic rings. The Morgan fingerprint density at radius 1 is 1.35 bits per heavy atom. The number of hydrogen-bond donors (Lipinski definition) is 2. The predicted molar refractivity (Wildman–Crippen MR) is 80.1 cm³/mol. The predicted octanol–water partition coefficient (Wildman–Crippen LogP) is 2.21. The molecule has 5 nitrogen and oxygen atoms in total. The standard InChI is InChI=1S/C15H24N2O3/c1-11(2)20-10-5-4-9-17-15(18)12-7-6-8-13(19-3)14(12)16/h6-8,11H,4-5,9-10,16H2,1-3H3,(H,17,18). The molecule has 0 bridgehead atoms. The minimum Gasteiger partial charge on any atom is -0.495 e. The van der Waals surface area contributed by atoms with Gasteiger partial charge < -0.3 is 20.5 Å². The van der Waals surface area contributed by atoms with Gasteiger partial charge >= 0.3 is 0 Å². The molecule has 0 aliphatic carbocycles. The Bertz CT molecular complexity index is 433. The number of ether oxygens (including phenoxy) is 2. The maximum atomic E-state index is 12.0. The number of nitrogen functional groups attached to an aromatic ring is 1. The van der Waals surface area contributed by atoms with Gasteiger partial charge in [-0.25, -0.2) is 0 Å². The van der Waals surface area contributed by atoms with Crippen molar-refractivity contribution in [2.75, 3.05) is 26.0 Å². The molecule has 0 saturated heterocycles. The lowest BCUT2D eigenvalue weighted by Crippen LogP contribution is -2.25. The first-order chi connectivity index (χ1) is 9.56. The van der Waals surface area contributed by atoms with Crippen LogP contribution in [0.4, 0.5) is 5.69 Å². The van der Waals surface area contributed by atoms with Gasteiger partial charge in [0.2, 0.25) is 0 Å². The van der Waals surface area contributed by atoms with E-state index < -0.39 is 0 Å². The summed E-state index contributed by atoms with van der Waals surface area (Å²) < 4.78 is 10.5. The zero-order valence-electron chi connectivity index (χ0n) is 12.4. The van der Waals surface area contributed by atoms with Gasteiger partial charge in [-0.15, -0.1) is 0 Å². The smallest absolute Gasteiger partial charge is 0.253 e. The van der Waals surface area contributed by atoms with Crippen molar-refractivity contribution in [2.45, 2.75) is 32.8 Å². The summed E-state index contributed by atoms with van der Waals surface area (Å²) in [5.41, 5.74) is 6.69. The SMILES string of the molecule is COc1cccc(C(=O)NCCCCOC(C)C)c1N. The minimum absolute atomic E-state index is 0.175. The Morgan fingerprint density at radius 3 is 2.75 bits per heavy atom. The minimum atomic E-state index is -0.175. The number of nitrogens with one attached hydrogen (secondary N) is 1. The van der Waals surface area contributed by atoms with Crippen molar-refractivity contribution >= 4 is 11.6 Å². The van der Waals surface area contributed by atoms with E-state index in [1.54, 1.807) is 18.2 Å². The average molecular weight is 280 g/mol. The Hall–Kier alpha value is -1.75. The number of methoxy groups -OCH3 is 1. The first kappa shape index (κ1) is 16.3. The summed E-state index contributed by atoms with van der Waals surface area (Å²) in [6.45, 7) is 5.34. The number of hydrogen-bond acceptors (Lipinski definition) is 4. The Balaban J connectivity index is 2.36. The van der Waals surface area contributed by atoms with Crippen molar-refractivity contribution in [1.82, 2.24) is 5.32 Å². The second kappa shape index (κ2) is 8.43. The molecular weight excluding hydrogens is 256 g/mol. The summed E-state index contributed by atoms with van der Waals surface area (Å²) in [6, 6.07) is 5.17. The van der Waals surface area contributed by atoms with Gasteiger partial charge in [0, 0.05) is 13.2 Å². The van der Waals surface area contributed by atoms with Crippen LogP contribution < -0.4 is 15.8 Å². The van der Waals surface area contributed by atoms with Crippen molar-refractivity contribution in [3.05, 3.63) is 23.8 Å². The largest absolute Gasteiger partial charge is 0.495 e. The fourth-order valence-corrected chi connectivity index (χ4v) is 1.76. The van der Waals surface area contributed by atoms with Crippen LogP contribution in [0.15, 0.2) is 18.2 Å². The van der Waals surface area contributed by atoms with Gasteiger partial charge in [-0.05, 0) is 38.8 Å². The van der Waals surface area contributed by atoms with E-state index in [4.69, 9.17) is 15.2 Å². The first-order valence-corrected chi connectivity index (χ1v) is 6.88. The molecule has 0 heterocycles. The molecule has 0 radical (unpaired) electrons. The van der Waals surface area contributed by atoms with E-state index in [0.717, 1.165) is 19.4 Å². The van der Waals surface area contributed by atoms with E-state index in [0.29, 0.717) is 23.5 Å². The molecule has 1 aromatic carbocycles. The topological polar surface area (TPSA) is 73.6 Å². The van der Waals surface area contributed by atoms with Gasteiger partial charge in [0.15, 0.2) is 0 Å². The molecular formula is C15H24N2O3. The average Bonchev–Trinajstić information content (AvgIpc) is 2.42. The maximum Gasteiger partial charge on any atom is 0.253 e. The Morgan fingerprint density at radius 2 is 2.10 bits per heavy atom. The highest BCUT2D eigenvalue weighted by Gasteiger charge is 2.12. The second-order valence-corrected chi connectivity index (χ2v) is 4.80. The van der Waals surface area contributed by atoms with Gasteiger partial charge in [0.05, 0.1) is 24.5 Å². The van der Waals surface area contributed by atoms with Crippen molar-refractivity contribution in [3.63, 3.8) is 0 Å².